The predicted molar refractivity (Wildman–Crippen MR) is 93.4 cm³/mol. The summed E-state index contributed by atoms with van der Waals surface area (Å²) < 4.78 is 41.8. The molecule has 0 amide bonds. The third kappa shape index (κ3) is 3.80. The quantitative estimate of drug-likeness (QED) is 0.561. The number of alkyl halides is 3. The highest BCUT2D eigenvalue weighted by atomic mass is 35.5. The van der Waals surface area contributed by atoms with Crippen LogP contribution in [0.15, 0.2) is 42.5 Å². The molecule has 3 rings (SSSR count). The molecule has 3 nitrogen and oxygen atoms in total. The summed E-state index contributed by atoms with van der Waals surface area (Å²) in [6, 6.07) is 10.8. The molecular weight excluding hydrogens is 367 g/mol. The topological polar surface area (TPSA) is 39.2 Å². The average Bonchev–Trinajstić information content (AvgIpc) is 2.56. The molecule has 0 aliphatic carbocycles. The van der Waals surface area contributed by atoms with Crippen LogP contribution in [0.4, 0.5) is 13.2 Å². The highest BCUT2D eigenvalue weighted by molar-refractivity contribution is 6.30. The van der Waals surface area contributed by atoms with Crippen molar-refractivity contribution in [2.75, 3.05) is 0 Å². The number of hydrogen-bond donors (Lipinski definition) is 0. The van der Waals surface area contributed by atoms with Crippen molar-refractivity contribution in [1.29, 1.82) is 0 Å². The number of fused-ring (bicyclic) bond motifs is 1. The molecule has 0 N–H and O–H groups in total. The summed E-state index contributed by atoms with van der Waals surface area (Å²) in [6.07, 6.45) is -3.96. The number of benzene rings is 2. The molecule has 0 fully saturated rings. The molecule has 0 bridgehead atoms. The second kappa shape index (κ2) is 6.96. The van der Waals surface area contributed by atoms with Crippen LogP contribution in [0.3, 0.4) is 0 Å². The first-order valence-corrected chi connectivity index (χ1v) is 8.05. The number of hydrogen-bond acceptors (Lipinski definition) is 3. The molecule has 1 heterocycles. The van der Waals surface area contributed by atoms with Crippen LogP contribution in [0.25, 0.3) is 22.0 Å². The Morgan fingerprint density at radius 2 is 1.85 bits per heavy atom. The molecule has 0 spiro atoms. The van der Waals surface area contributed by atoms with Crippen molar-refractivity contribution < 1.29 is 22.7 Å². The lowest BCUT2D eigenvalue weighted by atomic mass is 9.93. The van der Waals surface area contributed by atoms with Gasteiger partial charge in [-0.15, -0.1) is 13.2 Å². The van der Waals surface area contributed by atoms with Gasteiger partial charge in [0, 0.05) is 22.5 Å². The van der Waals surface area contributed by atoms with E-state index >= 15 is 0 Å². The first-order chi connectivity index (χ1) is 12.3. The van der Waals surface area contributed by atoms with Gasteiger partial charge in [0.1, 0.15) is 12.0 Å². The standard InChI is InChI=1S/C19H13ClF3NO2/c1-11-15(8-9-25)18(12-2-4-13(20)5-3-12)16-10-14(26-19(21,22)23)6-7-17(16)24-11/h2-7,9-10H,8H2,1H3. The number of nitrogens with zero attached hydrogens (tertiary/aromatic N) is 1. The highest BCUT2D eigenvalue weighted by Crippen LogP contribution is 2.36. The van der Waals surface area contributed by atoms with Gasteiger partial charge >= 0.3 is 6.36 Å². The Bertz CT molecular complexity index is 969. The van der Waals surface area contributed by atoms with Gasteiger partial charge in [0.25, 0.3) is 0 Å². The highest BCUT2D eigenvalue weighted by Gasteiger charge is 2.31. The van der Waals surface area contributed by atoms with Crippen LogP contribution in [-0.2, 0) is 11.2 Å². The number of halogens is 4. The molecular formula is C19H13ClF3NO2. The first kappa shape index (κ1) is 18.2. The first-order valence-electron chi connectivity index (χ1n) is 7.67. The third-order valence-electron chi connectivity index (χ3n) is 3.92. The number of ether oxygens (including phenoxy) is 1. The van der Waals surface area contributed by atoms with Gasteiger partial charge in [0.15, 0.2) is 0 Å². The van der Waals surface area contributed by atoms with Crippen molar-refractivity contribution in [1.82, 2.24) is 4.98 Å². The van der Waals surface area contributed by atoms with E-state index < -0.39 is 6.36 Å². The molecule has 2 aromatic carbocycles. The normalized spacial score (nSPS) is 11.6. The van der Waals surface area contributed by atoms with Crippen LogP contribution in [0.1, 0.15) is 11.3 Å². The summed E-state index contributed by atoms with van der Waals surface area (Å²) in [4.78, 5) is 15.5. The van der Waals surface area contributed by atoms with Crippen molar-refractivity contribution >= 4 is 28.8 Å². The molecule has 0 saturated heterocycles. The van der Waals surface area contributed by atoms with Crippen LogP contribution in [-0.4, -0.2) is 17.6 Å². The molecule has 7 heteroatoms. The van der Waals surface area contributed by atoms with Gasteiger partial charge in [-0.05, 0) is 53.9 Å². The monoisotopic (exact) mass is 379 g/mol. The number of aldehydes is 1. The van der Waals surface area contributed by atoms with E-state index in [-0.39, 0.29) is 12.2 Å². The number of carbonyl (C=O) groups excluding carboxylic acids is 1. The molecule has 26 heavy (non-hydrogen) atoms. The van der Waals surface area contributed by atoms with Crippen LogP contribution >= 0.6 is 11.6 Å². The summed E-state index contributed by atoms with van der Waals surface area (Å²) in [5.41, 5.74) is 3.17. The minimum absolute atomic E-state index is 0.0943. The fourth-order valence-corrected chi connectivity index (χ4v) is 3.01. The van der Waals surface area contributed by atoms with Gasteiger partial charge in [0.2, 0.25) is 0 Å². The second-order valence-electron chi connectivity index (χ2n) is 5.66. The van der Waals surface area contributed by atoms with Crippen LogP contribution in [0.2, 0.25) is 5.02 Å². The van der Waals surface area contributed by atoms with Gasteiger partial charge in [-0.3, -0.25) is 4.98 Å². The maximum absolute atomic E-state index is 12.6. The number of carbonyl (C=O) groups is 1. The Hall–Kier alpha value is -2.60. The molecule has 0 unspecified atom stereocenters. The Labute approximate surface area is 152 Å². The summed E-state index contributed by atoms with van der Waals surface area (Å²) in [6.45, 7) is 1.76. The van der Waals surface area contributed by atoms with Crippen molar-refractivity contribution in [3.8, 4) is 16.9 Å². The van der Waals surface area contributed by atoms with E-state index in [2.05, 4.69) is 9.72 Å². The van der Waals surface area contributed by atoms with E-state index in [4.69, 9.17) is 11.6 Å². The van der Waals surface area contributed by atoms with E-state index in [1.54, 1.807) is 31.2 Å². The average molecular weight is 380 g/mol. The molecule has 0 atom stereocenters. The Balaban J connectivity index is 2.31. The van der Waals surface area contributed by atoms with E-state index in [0.717, 1.165) is 11.8 Å². The maximum Gasteiger partial charge on any atom is 0.573 e. The Kier molecular flexibility index (Phi) is 4.87. The predicted octanol–water partition coefficient (Wildman–Crippen LogP) is 5.50. The third-order valence-corrected chi connectivity index (χ3v) is 4.17. The Morgan fingerprint density at radius 1 is 1.15 bits per heavy atom. The van der Waals surface area contributed by atoms with Gasteiger partial charge in [0.05, 0.1) is 5.52 Å². The summed E-state index contributed by atoms with van der Waals surface area (Å²) >= 11 is 5.93. The van der Waals surface area contributed by atoms with Crippen molar-refractivity contribution in [2.45, 2.75) is 19.7 Å². The second-order valence-corrected chi connectivity index (χ2v) is 6.09. The molecule has 1 aromatic heterocycles. The van der Waals surface area contributed by atoms with E-state index in [1.165, 1.54) is 18.2 Å². The van der Waals surface area contributed by atoms with E-state index in [1.807, 2.05) is 0 Å². The number of aromatic nitrogens is 1. The van der Waals surface area contributed by atoms with E-state index in [0.29, 0.717) is 32.7 Å². The largest absolute Gasteiger partial charge is 0.573 e. The molecule has 134 valence electrons. The molecule has 0 aliphatic heterocycles. The van der Waals surface area contributed by atoms with Gasteiger partial charge in [-0.2, -0.15) is 0 Å². The van der Waals surface area contributed by atoms with Crippen LogP contribution in [0.5, 0.6) is 5.75 Å². The lowest BCUT2D eigenvalue weighted by Gasteiger charge is -2.16. The van der Waals surface area contributed by atoms with E-state index in [9.17, 15) is 18.0 Å². The minimum atomic E-state index is -4.79. The molecule has 0 saturated carbocycles. The number of pyridine rings is 1. The zero-order valence-corrected chi connectivity index (χ0v) is 14.4. The lowest BCUT2D eigenvalue weighted by molar-refractivity contribution is -0.274. The number of rotatable bonds is 4. The Morgan fingerprint density at radius 3 is 2.46 bits per heavy atom. The summed E-state index contributed by atoms with van der Waals surface area (Å²) in [5.74, 6) is -0.345. The fraction of sp³-hybridized carbons (Fsp3) is 0.158. The molecule has 3 aromatic rings. The summed E-state index contributed by atoms with van der Waals surface area (Å²) in [5, 5.41) is 0.999. The smallest absolute Gasteiger partial charge is 0.406 e. The SMILES string of the molecule is Cc1nc2ccc(OC(F)(F)F)cc2c(-c2ccc(Cl)cc2)c1CC=O. The van der Waals surface area contributed by atoms with Crippen LogP contribution in [0, 0.1) is 6.92 Å². The zero-order chi connectivity index (χ0) is 18.9. The van der Waals surface area contributed by atoms with Crippen molar-refractivity contribution in [2.24, 2.45) is 0 Å². The van der Waals surface area contributed by atoms with Crippen molar-refractivity contribution in [3.63, 3.8) is 0 Å². The fourth-order valence-electron chi connectivity index (χ4n) is 2.88. The van der Waals surface area contributed by atoms with Gasteiger partial charge in [-0.1, -0.05) is 23.7 Å². The van der Waals surface area contributed by atoms with Crippen LogP contribution < -0.4 is 4.74 Å². The zero-order valence-electron chi connectivity index (χ0n) is 13.6. The van der Waals surface area contributed by atoms with Gasteiger partial charge < -0.3 is 9.53 Å². The minimum Gasteiger partial charge on any atom is -0.406 e. The molecule has 0 aliphatic rings. The summed E-state index contributed by atoms with van der Waals surface area (Å²) in [7, 11) is 0. The number of aryl methyl sites for hydroxylation is 1. The lowest BCUT2D eigenvalue weighted by Crippen LogP contribution is -2.17. The molecule has 0 radical (unpaired) electrons. The maximum atomic E-state index is 12.6. The van der Waals surface area contributed by atoms with Crippen molar-refractivity contribution in [3.05, 3.63) is 58.7 Å². The van der Waals surface area contributed by atoms with Gasteiger partial charge in [-0.25, -0.2) is 0 Å².